The largest absolute Gasteiger partial charge is 0.481 e. The molecule has 4 nitrogen and oxygen atoms in total. The molecule has 0 aromatic heterocycles. The first-order valence-corrected chi connectivity index (χ1v) is 7.64. The highest BCUT2D eigenvalue weighted by Crippen LogP contribution is 2.21. The maximum Gasteiger partial charge on any atom is 0.303 e. The molecule has 1 aromatic carbocycles. The standard InChI is InChI=1S/C15H19Cl2NO3/c1-2-10(3-6-14(19)20)7-8-18-15(21)12-5-4-11(16)9-13(12)17/h4-5,9-10H,2-3,6-8H2,1H3,(H,18,21)(H,19,20). The van der Waals surface area contributed by atoms with Crippen molar-refractivity contribution in [2.45, 2.75) is 32.6 Å². The Balaban J connectivity index is 2.43. The van der Waals surface area contributed by atoms with Crippen LogP contribution in [0.5, 0.6) is 0 Å². The van der Waals surface area contributed by atoms with E-state index >= 15 is 0 Å². The number of hydrogen-bond donors (Lipinski definition) is 2. The summed E-state index contributed by atoms with van der Waals surface area (Å²) in [5, 5.41) is 12.3. The zero-order valence-corrected chi connectivity index (χ0v) is 13.4. The highest BCUT2D eigenvalue weighted by atomic mass is 35.5. The molecule has 116 valence electrons. The zero-order valence-electron chi connectivity index (χ0n) is 11.9. The minimum absolute atomic E-state index is 0.162. The topological polar surface area (TPSA) is 66.4 Å². The van der Waals surface area contributed by atoms with Crippen LogP contribution in [0.2, 0.25) is 10.0 Å². The Morgan fingerprint density at radius 1 is 1.29 bits per heavy atom. The van der Waals surface area contributed by atoms with E-state index in [1.807, 2.05) is 6.92 Å². The lowest BCUT2D eigenvalue weighted by atomic mass is 9.96. The van der Waals surface area contributed by atoms with Gasteiger partial charge in [-0.2, -0.15) is 0 Å². The van der Waals surface area contributed by atoms with E-state index in [4.69, 9.17) is 28.3 Å². The van der Waals surface area contributed by atoms with Gasteiger partial charge in [0, 0.05) is 18.0 Å². The fourth-order valence-corrected chi connectivity index (χ4v) is 2.53. The second-order valence-electron chi connectivity index (χ2n) is 4.88. The molecule has 0 bridgehead atoms. The lowest BCUT2D eigenvalue weighted by Crippen LogP contribution is -2.26. The van der Waals surface area contributed by atoms with E-state index in [0.29, 0.717) is 34.5 Å². The van der Waals surface area contributed by atoms with Gasteiger partial charge >= 0.3 is 5.97 Å². The quantitative estimate of drug-likeness (QED) is 0.756. The Labute approximate surface area is 134 Å². The van der Waals surface area contributed by atoms with E-state index in [2.05, 4.69) is 5.32 Å². The van der Waals surface area contributed by atoms with Crippen LogP contribution in [0.1, 0.15) is 43.0 Å². The number of carboxylic acid groups (broad SMARTS) is 1. The second-order valence-corrected chi connectivity index (χ2v) is 5.72. The summed E-state index contributed by atoms with van der Waals surface area (Å²) in [7, 11) is 0. The van der Waals surface area contributed by atoms with Gasteiger partial charge in [0.15, 0.2) is 0 Å². The van der Waals surface area contributed by atoms with Gasteiger partial charge < -0.3 is 10.4 Å². The average Bonchev–Trinajstić information content (AvgIpc) is 2.42. The number of carbonyl (C=O) groups excluding carboxylic acids is 1. The third-order valence-corrected chi connectivity index (χ3v) is 3.91. The van der Waals surface area contributed by atoms with Gasteiger partial charge in [-0.25, -0.2) is 0 Å². The van der Waals surface area contributed by atoms with Crippen LogP contribution in [-0.2, 0) is 4.79 Å². The summed E-state index contributed by atoms with van der Waals surface area (Å²) < 4.78 is 0. The normalized spacial score (nSPS) is 12.0. The van der Waals surface area contributed by atoms with E-state index in [0.717, 1.165) is 12.8 Å². The van der Waals surface area contributed by atoms with Gasteiger partial charge in [0.1, 0.15) is 0 Å². The Kier molecular flexibility index (Phi) is 7.54. The smallest absolute Gasteiger partial charge is 0.303 e. The van der Waals surface area contributed by atoms with Crippen LogP contribution in [0, 0.1) is 5.92 Å². The van der Waals surface area contributed by atoms with Gasteiger partial charge in [-0.15, -0.1) is 0 Å². The van der Waals surface area contributed by atoms with Crippen molar-refractivity contribution >= 4 is 35.1 Å². The fourth-order valence-electron chi connectivity index (χ4n) is 2.04. The molecule has 0 radical (unpaired) electrons. The van der Waals surface area contributed by atoms with Crippen molar-refractivity contribution in [2.75, 3.05) is 6.54 Å². The average molecular weight is 332 g/mol. The van der Waals surface area contributed by atoms with E-state index in [9.17, 15) is 9.59 Å². The van der Waals surface area contributed by atoms with Gasteiger partial charge in [0.05, 0.1) is 10.6 Å². The molecule has 1 atom stereocenters. The molecule has 1 rings (SSSR count). The summed E-state index contributed by atoms with van der Waals surface area (Å²) in [5.74, 6) is -0.739. The van der Waals surface area contributed by atoms with Crippen LogP contribution in [0.25, 0.3) is 0 Å². The summed E-state index contributed by atoms with van der Waals surface area (Å²) in [6.07, 6.45) is 2.43. The maximum absolute atomic E-state index is 12.0. The Bertz CT molecular complexity index is 506. The molecule has 0 fully saturated rings. The summed E-state index contributed by atoms with van der Waals surface area (Å²) in [5.41, 5.74) is 0.389. The summed E-state index contributed by atoms with van der Waals surface area (Å²) in [6.45, 7) is 2.51. The first-order chi connectivity index (χ1) is 9.93. The van der Waals surface area contributed by atoms with Gasteiger partial charge in [-0.1, -0.05) is 36.5 Å². The van der Waals surface area contributed by atoms with E-state index in [1.165, 1.54) is 6.07 Å². The number of hydrogen-bond acceptors (Lipinski definition) is 2. The zero-order chi connectivity index (χ0) is 15.8. The molecule has 0 saturated carbocycles. The molecule has 0 aliphatic rings. The van der Waals surface area contributed by atoms with Crippen molar-refractivity contribution in [1.29, 1.82) is 0 Å². The van der Waals surface area contributed by atoms with E-state index in [1.54, 1.807) is 12.1 Å². The fraction of sp³-hybridized carbons (Fsp3) is 0.467. The molecule has 0 heterocycles. The highest BCUT2D eigenvalue weighted by Gasteiger charge is 2.12. The first kappa shape index (κ1) is 17.8. The predicted octanol–water partition coefficient (Wildman–Crippen LogP) is 4.00. The molecule has 2 N–H and O–H groups in total. The van der Waals surface area contributed by atoms with Gasteiger partial charge in [0.25, 0.3) is 5.91 Å². The lowest BCUT2D eigenvalue weighted by molar-refractivity contribution is -0.137. The third kappa shape index (κ3) is 6.36. The minimum Gasteiger partial charge on any atom is -0.481 e. The maximum atomic E-state index is 12.0. The molecule has 6 heteroatoms. The summed E-state index contributed by atoms with van der Waals surface area (Å²) in [6, 6.07) is 4.73. The molecule has 1 aromatic rings. The number of amides is 1. The molecule has 0 saturated heterocycles. The highest BCUT2D eigenvalue weighted by molar-refractivity contribution is 6.36. The Hall–Kier alpha value is -1.26. The van der Waals surface area contributed by atoms with Crippen LogP contribution in [0.3, 0.4) is 0 Å². The van der Waals surface area contributed by atoms with Crippen LogP contribution < -0.4 is 5.32 Å². The van der Waals surface area contributed by atoms with Gasteiger partial charge in [-0.05, 0) is 37.0 Å². The monoisotopic (exact) mass is 331 g/mol. The van der Waals surface area contributed by atoms with Crippen molar-refractivity contribution in [2.24, 2.45) is 5.92 Å². The molecular formula is C15H19Cl2NO3. The van der Waals surface area contributed by atoms with Crippen molar-refractivity contribution in [3.8, 4) is 0 Å². The lowest BCUT2D eigenvalue weighted by Gasteiger charge is -2.14. The number of nitrogens with one attached hydrogen (secondary N) is 1. The molecule has 0 spiro atoms. The molecular weight excluding hydrogens is 313 g/mol. The van der Waals surface area contributed by atoms with Crippen molar-refractivity contribution in [1.82, 2.24) is 5.32 Å². The Morgan fingerprint density at radius 2 is 2.00 bits per heavy atom. The van der Waals surface area contributed by atoms with Crippen molar-refractivity contribution < 1.29 is 14.7 Å². The van der Waals surface area contributed by atoms with Gasteiger partial charge in [0.2, 0.25) is 0 Å². The number of carboxylic acids is 1. The van der Waals surface area contributed by atoms with Crippen LogP contribution in [-0.4, -0.2) is 23.5 Å². The van der Waals surface area contributed by atoms with E-state index < -0.39 is 5.97 Å². The van der Waals surface area contributed by atoms with Gasteiger partial charge in [-0.3, -0.25) is 9.59 Å². The van der Waals surface area contributed by atoms with Crippen molar-refractivity contribution in [3.63, 3.8) is 0 Å². The molecule has 0 aliphatic carbocycles. The molecule has 1 amide bonds. The number of rotatable bonds is 8. The van der Waals surface area contributed by atoms with Crippen LogP contribution in [0.4, 0.5) is 0 Å². The SMILES string of the molecule is CCC(CCNC(=O)c1ccc(Cl)cc1Cl)CCC(=O)O. The van der Waals surface area contributed by atoms with Crippen LogP contribution >= 0.6 is 23.2 Å². The van der Waals surface area contributed by atoms with E-state index in [-0.39, 0.29) is 12.3 Å². The molecule has 0 aliphatic heterocycles. The van der Waals surface area contributed by atoms with Crippen LogP contribution in [0.15, 0.2) is 18.2 Å². The minimum atomic E-state index is -0.787. The number of halogens is 2. The third-order valence-electron chi connectivity index (χ3n) is 3.36. The summed E-state index contributed by atoms with van der Waals surface area (Å²) >= 11 is 11.7. The number of carbonyl (C=O) groups is 2. The summed E-state index contributed by atoms with van der Waals surface area (Å²) in [4.78, 5) is 22.5. The predicted molar refractivity (Wildman–Crippen MR) is 84.1 cm³/mol. The second kappa shape index (κ2) is 8.90. The van der Waals surface area contributed by atoms with Crippen molar-refractivity contribution in [3.05, 3.63) is 33.8 Å². The number of benzene rings is 1. The molecule has 21 heavy (non-hydrogen) atoms. The molecule has 1 unspecified atom stereocenters. The number of aliphatic carboxylic acids is 1. The first-order valence-electron chi connectivity index (χ1n) is 6.89. The Morgan fingerprint density at radius 3 is 2.57 bits per heavy atom.